The highest BCUT2D eigenvalue weighted by Crippen LogP contribution is 2.28. The fourth-order valence-corrected chi connectivity index (χ4v) is 2.57. The predicted molar refractivity (Wildman–Crippen MR) is 68.6 cm³/mol. The maximum atomic E-state index is 5.81. The van der Waals surface area contributed by atoms with E-state index in [0.29, 0.717) is 12.1 Å². The SMILES string of the molecule is Cc1cc(N2C(C)CCCC2C)ncc1N. The fourth-order valence-electron chi connectivity index (χ4n) is 2.57. The standard InChI is InChI=1S/C13H21N3/c1-9-7-13(15-8-12(9)14)16-10(2)5-4-6-11(16)3/h7-8,10-11H,4-6,14H2,1-3H3. The lowest BCUT2D eigenvalue weighted by atomic mass is 9.97. The number of aromatic nitrogens is 1. The number of rotatable bonds is 1. The van der Waals surface area contributed by atoms with Gasteiger partial charge in [-0.3, -0.25) is 0 Å². The van der Waals surface area contributed by atoms with E-state index in [9.17, 15) is 0 Å². The van der Waals surface area contributed by atoms with Crippen molar-refractivity contribution < 1.29 is 0 Å². The van der Waals surface area contributed by atoms with E-state index in [2.05, 4.69) is 29.8 Å². The molecule has 2 unspecified atom stereocenters. The molecule has 1 aromatic heterocycles. The van der Waals surface area contributed by atoms with Gasteiger partial charge in [0.2, 0.25) is 0 Å². The average molecular weight is 219 g/mol. The molecule has 2 N–H and O–H groups in total. The summed E-state index contributed by atoms with van der Waals surface area (Å²) in [5.74, 6) is 1.08. The van der Waals surface area contributed by atoms with Crippen molar-refractivity contribution >= 4 is 11.5 Å². The Hall–Kier alpha value is -1.25. The van der Waals surface area contributed by atoms with Crippen LogP contribution < -0.4 is 10.6 Å². The molecule has 16 heavy (non-hydrogen) atoms. The Morgan fingerprint density at radius 3 is 2.50 bits per heavy atom. The van der Waals surface area contributed by atoms with Crippen LogP contribution in [0.3, 0.4) is 0 Å². The van der Waals surface area contributed by atoms with Crippen LogP contribution in [-0.2, 0) is 0 Å². The molecule has 1 aliphatic heterocycles. The van der Waals surface area contributed by atoms with Crippen molar-refractivity contribution in [3.8, 4) is 0 Å². The summed E-state index contributed by atoms with van der Waals surface area (Å²) in [7, 11) is 0. The first kappa shape index (κ1) is 11.2. The summed E-state index contributed by atoms with van der Waals surface area (Å²) in [6, 6.07) is 3.27. The molecule has 0 radical (unpaired) electrons. The summed E-state index contributed by atoms with van der Waals surface area (Å²) in [5.41, 5.74) is 7.71. The molecule has 88 valence electrons. The summed E-state index contributed by atoms with van der Waals surface area (Å²) in [4.78, 5) is 6.89. The Kier molecular flexibility index (Phi) is 3.03. The Morgan fingerprint density at radius 1 is 1.31 bits per heavy atom. The largest absolute Gasteiger partial charge is 0.397 e. The summed E-state index contributed by atoms with van der Waals surface area (Å²) in [6.07, 6.45) is 5.62. The van der Waals surface area contributed by atoms with Crippen LogP contribution in [0, 0.1) is 6.92 Å². The lowest BCUT2D eigenvalue weighted by Gasteiger charge is -2.40. The number of nitrogens with two attached hydrogens (primary N) is 1. The van der Waals surface area contributed by atoms with Gasteiger partial charge in [0.05, 0.1) is 11.9 Å². The van der Waals surface area contributed by atoms with Gasteiger partial charge in [-0.25, -0.2) is 4.98 Å². The first-order valence-corrected chi connectivity index (χ1v) is 6.10. The van der Waals surface area contributed by atoms with E-state index >= 15 is 0 Å². The molecular weight excluding hydrogens is 198 g/mol. The van der Waals surface area contributed by atoms with Crippen molar-refractivity contribution in [1.82, 2.24) is 4.98 Å². The lowest BCUT2D eigenvalue weighted by Crippen LogP contribution is -2.44. The van der Waals surface area contributed by atoms with Crippen molar-refractivity contribution in [2.24, 2.45) is 0 Å². The van der Waals surface area contributed by atoms with Crippen LogP contribution in [-0.4, -0.2) is 17.1 Å². The molecule has 0 saturated carbocycles. The number of anilines is 2. The predicted octanol–water partition coefficient (Wildman–Crippen LogP) is 2.74. The van der Waals surface area contributed by atoms with E-state index in [1.54, 1.807) is 6.20 Å². The fraction of sp³-hybridized carbons (Fsp3) is 0.615. The molecule has 0 amide bonds. The third kappa shape index (κ3) is 1.99. The van der Waals surface area contributed by atoms with Crippen LogP contribution in [0.15, 0.2) is 12.3 Å². The normalized spacial score (nSPS) is 25.8. The number of piperidine rings is 1. The molecule has 0 aromatic carbocycles. The summed E-state index contributed by atoms with van der Waals surface area (Å²) >= 11 is 0. The Bertz CT molecular complexity index is 365. The minimum absolute atomic E-state index is 0.583. The van der Waals surface area contributed by atoms with Gasteiger partial charge in [0.25, 0.3) is 0 Å². The number of aryl methyl sites for hydroxylation is 1. The molecule has 2 heterocycles. The van der Waals surface area contributed by atoms with Gasteiger partial charge < -0.3 is 10.6 Å². The second-order valence-corrected chi connectivity index (χ2v) is 4.94. The van der Waals surface area contributed by atoms with Crippen molar-refractivity contribution in [2.45, 2.75) is 52.1 Å². The lowest BCUT2D eigenvalue weighted by molar-refractivity contribution is 0.411. The van der Waals surface area contributed by atoms with E-state index < -0.39 is 0 Å². The van der Waals surface area contributed by atoms with Crippen LogP contribution in [0.25, 0.3) is 0 Å². The third-order valence-electron chi connectivity index (χ3n) is 3.59. The monoisotopic (exact) mass is 219 g/mol. The molecule has 0 bridgehead atoms. The van der Waals surface area contributed by atoms with Crippen molar-refractivity contribution in [1.29, 1.82) is 0 Å². The molecule has 0 aliphatic carbocycles. The summed E-state index contributed by atoms with van der Waals surface area (Å²) < 4.78 is 0. The van der Waals surface area contributed by atoms with Gasteiger partial charge in [-0.15, -0.1) is 0 Å². The Balaban J connectivity index is 2.30. The van der Waals surface area contributed by atoms with Gasteiger partial charge in [-0.05, 0) is 51.7 Å². The van der Waals surface area contributed by atoms with E-state index in [4.69, 9.17) is 5.73 Å². The second kappa shape index (κ2) is 4.32. The number of pyridine rings is 1. The van der Waals surface area contributed by atoms with Gasteiger partial charge in [-0.1, -0.05) is 0 Å². The highest BCUT2D eigenvalue weighted by atomic mass is 15.2. The van der Waals surface area contributed by atoms with Crippen LogP contribution in [0.4, 0.5) is 11.5 Å². The van der Waals surface area contributed by atoms with Crippen LogP contribution in [0.1, 0.15) is 38.7 Å². The number of hydrogen-bond acceptors (Lipinski definition) is 3. The average Bonchev–Trinajstić information content (AvgIpc) is 2.23. The topological polar surface area (TPSA) is 42.2 Å². The Morgan fingerprint density at radius 2 is 1.94 bits per heavy atom. The first-order valence-electron chi connectivity index (χ1n) is 6.10. The molecule has 2 rings (SSSR count). The smallest absolute Gasteiger partial charge is 0.129 e. The van der Waals surface area contributed by atoms with E-state index in [1.165, 1.54) is 19.3 Å². The molecule has 3 nitrogen and oxygen atoms in total. The Labute approximate surface area is 97.7 Å². The third-order valence-corrected chi connectivity index (χ3v) is 3.59. The molecule has 1 aliphatic rings. The van der Waals surface area contributed by atoms with Crippen molar-refractivity contribution in [3.63, 3.8) is 0 Å². The van der Waals surface area contributed by atoms with Crippen LogP contribution in [0.5, 0.6) is 0 Å². The zero-order chi connectivity index (χ0) is 11.7. The molecule has 1 saturated heterocycles. The van der Waals surface area contributed by atoms with Crippen LogP contribution in [0.2, 0.25) is 0 Å². The van der Waals surface area contributed by atoms with Crippen LogP contribution >= 0.6 is 0 Å². The molecule has 2 atom stereocenters. The molecule has 3 heteroatoms. The van der Waals surface area contributed by atoms with Gasteiger partial charge in [0.15, 0.2) is 0 Å². The van der Waals surface area contributed by atoms with E-state index in [1.807, 2.05) is 6.92 Å². The van der Waals surface area contributed by atoms with E-state index in [0.717, 1.165) is 17.1 Å². The highest BCUT2D eigenvalue weighted by molar-refractivity contribution is 5.53. The zero-order valence-electron chi connectivity index (χ0n) is 10.4. The quantitative estimate of drug-likeness (QED) is 0.789. The maximum Gasteiger partial charge on any atom is 0.129 e. The van der Waals surface area contributed by atoms with Gasteiger partial charge >= 0.3 is 0 Å². The highest BCUT2D eigenvalue weighted by Gasteiger charge is 2.25. The summed E-state index contributed by atoms with van der Waals surface area (Å²) in [5, 5.41) is 0. The van der Waals surface area contributed by atoms with Crippen molar-refractivity contribution in [3.05, 3.63) is 17.8 Å². The molecular formula is C13H21N3. The molecule has 1 fully saturated rings. The van der Waals surface area contributed by atoms with Crippen molar-refractivity contribution in [2.75, 3.05) is 10.6 Å². The second-order valence-electron chi connectivity index (χ2n) is 4.94. The minimum Gasteiger partial charge on any atom is -0.397 e. The zero-order valence-corrected chi connectivity index (χ0v) is 10.4. The van der Waals surface area contributed by atoms with Gasteiger partial charge in [0, 0.05) is 12.1 Å². The van der Waals surface area contributed by atoms with Gasteiger partial charge in [-0.2, -0.15) is 0 Å². The summed E-state index contributed by atoms with van der Waals surface area (Å²) in [6.45, 7) is 6.60. The van der Waals surface area contributed by atoms with Gasteiger partial charge in [0.1, 0.15) is 5.82 Å². The molecule has 1 aromatic rings. The maximum absolute atomic E-state index is 5.81. The van der Waals surface area contributed by atoms with E-state index in [-0.39, 0.29) is 0 Å². The number of hydrogen-bond donors (Lipinski definition) is 1. The first-order chi connectivity index (χ1) is 7.59. The minimum atomic E-state index is 0.583. The number of nitrogens with zero attached hydrogens (tertiary/aromatic N) is 2. The number of nitrogen functional groups attached to an aromatic ring is 1. The molecule has 0 spiro atoms.